The Labute approximate surface area is 213 Å². The van der Waals surface area contributed by atoms with Crippen molar-refractivity contribution in [2.45, 2.75) is 79.1 Å². The number of pyridine rings is 1. The summed E-state index contributed by atoms with van der Waals surface area (Å²) in [6, 6.07) is 5.71. The molecule has 1 amide bonds. The van der Waals surface area contributed by atoms with Gasteiger partial charge in [0.05, 0.1) is 0 Å². The Morgan fingerprint density at radius 1 is 1.12 bits per heavy atom. The summed E-state index contributed by atoms with van der Waals surface area (Å²) in [5.74, 6) is -0.820. The monoisotopic (exact) mass is 514 g/mol. The molecule has 0 spiro atoms. The van der Waals surface area contributed by atoms with Crippen molar-refractivity contribution in [2.24, 2.45) is 0 Å². The Kier molecular flexibility index (Phi) is 11.1. The summed E-state index contributed by atoms with van der Waals surface area (Å²) in [5, 5.41) is 6.36. The molecule has 1 fully saturated rings. The number of piperidine rings is 1. The highest BCUT2D eigenvalue weighted by Crippen LogP contribution is 2.30. The molecule has 1 aliphatic rings. The molecule has 2 aromatic rings. The fourth-order valence-electron chi connectivity index (χ4n) is 4.98. The lowest BCUT2D eigenvalue weighted by Crippen LogP contribution is -2.51. The molecular weight excluding hydrogens is 478 g/mol. The minimum atomic E-state index is -0.436. The van der Waals surface area contributed by atoms with Crippen molar-refractivity contribution >= 4 is 36.4 Å². The van der Waals surface area contributed by atoms with Gasteiger partial charge in [-0.1, -0.05) is 0 Å². The largest absolute Gasteiger partial charge is 0.368 e. The van der Waals surface area contributed by atoms with E-state index in [0.29, 0.717) is 23.2 Å². The maximum atomic E-state index is 14.6. The molecule has 190 valence electrons. The molecule has 0 saturated carbocycles. The predicted octanol–water partition coefficient (Wildman–Crippen LogP) is 4.57. The second kappa shape index (κ2) is 12.6. The lowest BCUT2D eigenvalue weighted by Gasteiger charge is -2.41. The lowest BCUT2D eigenvalue weighted by molar-refractivity contribution is 0.0949. The molecule has 0 bridgehead atoms. The molecule has 2 heterocycles. The third-order valence-corrected chi connectivity index (χ3v) is 6.42. The molecule has 34 heavy (non-hydrogen) atoms. The molecule has 1 saturated heterocycles. The van der Waals surface area contributed by atoms with Gasteiger partial charge in [-0.2, -0.15) is 0 Å². The molecule has 2 atom stereocenters. The minimum absolute atomic E-state index is 0. The van der Waals surface area contributed by atoms with Gasteiger partial charge in [0.25, 0.3) is 11.5 Å². The van der Waals surface area contributed by atoms with E-state index in [-0.39, 0.29) is 48.9 Å². The van der Waals surface area contributed by atoms with Gasteiger partial charge in [-0.15, -0.1) is 24.8 Å². The van der Waals surface area contributed by atoms with Crippen molar-refractivity contribution in [3.05, 3.63) is 62.3 Å². The van der Waals surface area contributed by atoms with E-state index in [1.165, 1.54) is 12.1 Å². The van der Waals surface area contributed by atoms with E-state index < -0.39 is 5.82 Å². The number of nitrogens with one attached hydrogen (secondary N) is 3. The number of hydrogen-bond acceptors (Lipinski definition) is 4. The number of halogens is 3. The van der Waals surface area contributed by atoms with E-state index in [9.17, 15) is 14.0 Å². The number of carbonyl (C=O) groups excluding carboxylic acids is 1. The summed E-state index contributed by atoms with van der Waals surface area (Å²) in [5.41, 5.74) is 3.68. The van der Waals surface area contributed by atoms with E-state index in [1.807, 2.05) is 26.8 Å². The van der Waals surface area contributed by atoms with Crippen LogP contribution in [0.25, 0.3) is 0 Å². The Hall–Kier alpha value is -2.09. The van der Waals surface area contributed by atoms with Crippen molar-refractivity contribution in [3.8, 4) is 0 Å². The maximum absolute atomic E-state index is 14.6. The van der Waals surface area contributed by atoms with Crippen LogP contribution in [-0.4, -0.2) is 35.6 Å². The lowest BCUT2D eigenvalue weighted by atomic mass is 9.92. The van der Waals surface area contributed by atoms with Crippen LogP contribution in [0.5, 0.6) is 0 Å². The zero-order valence-electron chi connectivity index (χ0n) is 20.8. The average molecular weight is 516 g/mol. The summed E-state index contributed by atoms with van der Waals surface area (Å²) < 4.78 is 14.6. The van der Waals surface area contributed by atoms with E-state index in [2.05, 4.69) is 41.3 Å². The average Bonchev–Trinajstić information content (AvgIpc) is 2.69. The number of nitrogens with zero attached hydrogens (tertiary/aromatic N) is 1. The number of rotatable bonds is 6. The molecular formula is C25H37Cl2FN4O2. The number of aromatic nitrogens is 1. The fraction of sp³-hybridized carbons (Fsp3) is 0.520. The summed E-state index contributed by atoms with van der Waals surface area (Å²) in [4.78, 5) is 30.2. The Bertz CT molecular complexity index is 1050. The summed E-state index contributed by atoms with van der Waals surface area (Å²) in [6.07, 6.45) is 1.93. The summed E-state index contributed by atoms with van der Waals surface area (Å²) in [7, 11) is 0. The van der Waals surface area contributed by atoms with Crippen molar-refractivity contribution in [3.63, 3.8) is 0 Å². The van der Waals surface area contributed by atoms with E-state index in [4.69, 9.17) is 0 Å². The van der Waals surface area contributed by atoms with Gasteiger partial charge in [0.15, 0.2) is 0 Å². The molecule has 1 aliphatic heterocycles. The number of aromatic amines is 1. The predicted molar refractivity (Wildman–Crippen MR) is 141 cm³/mol. The highest BCUT2D eigenvalue weighted by molar-refractivity contribution is 5.97. The zero-order valence-corrected chi connectivity index (χ0v) is 22.4. The van der Waals surface area contributed by atoms with Crippen LogP contribution in [-0.2, 0) is 6.54 Å². The normalized spacial score (nSPS) is 19.6. The number of anilines is 1. The van der Waals surface area contributed by atoms with Gasteiger partial charge in [-0.25, -0.2) is 4.39 Å². The van der Waals surface area contributed by atoms with Crippen molar-refractivity contribution in [1.29, 1.82) is 0 Å². The van der Waals surface area contributed by atoms with Crippen LogP contribution in [0, 0.1) is 26.6 Å². The number of benzene rings is 1. The zero-order chi connectivity index (χ0) is 23.6. The van der Waals surface area contributed by atoms with Crippen LogP contribution in [0.2, 0.25) is 0 Å². The highest BCUT2D eigenvalue weighted by atomic mass is 35.5. The first kappa shape index (κ1) is 29.9. The van der Waals surface area contributed by atoms with Gasteiger partial charge in [-0.05, 0) is 83.7 Å². The van der Waals surface area contributed by atoms with Crippen molar-refractivity contribution < 1.29 is 9.18 Å². The number of hydrogen-bond donors (Lipinski definition) is 3. The van der Waals surface area contributed by atoms with E-state index in [0.717, 1.165) is 41.9 Å². The summed E-state index contributed by atoms with van der Waals surface area (Å²) in [6.45, 7) is 12.7. The first-order chi connectivity index (χ1) is 15.1. The molecule has 3 N–H and O–H groups in total. The maximum Gasteiger partial charge on any atom is 0.253 e. The van der Waals surface area contributed by atoms with Gasteiger partial charge < -0.3 is 20.5 Å². The molecule has 6 nitrogen and oxygen atoms in total. The van der Waals surface area contributed by atoms with Gasteiger partial charge in [0.2, 0.25) is 0 Å². The van der Waals surface area contributed by atoms with Gasteiger partial charge in [0.1, 0.15) is 5.82 Å². The number of aryl methyl sites for hydroxylation is 2. The van der Waals surface area contributed by atoms with Crippen LogP contribution in [0.4, 0.5) is 10.1 Å². The van der Waals surface area contributed by atoms with Crippen LogP contribution in [0.1, 0.15) is 66.4 Å². The molecule has 0 radical (unpaired) electrons. The third-order valence-electron chi connectivity index (χ3n) is 6.42. The molecule has 9 heteroatoms. The van der Waals surface area contributed by atoms with Crippen LogP contribution in [0.3, 0.4) is 0 Å². The van der Waals surface area contributed by atoms with Gasteiger partial charge >= 0.3 is 0 Å². The van der Waals surface area contributed by atoms with Gasteiger partial charge in [0, 0.05) is 53.7 Å². The first-order valence-corrected chi connectivity index (χ1v) is 11.4. The second-order valence-corrected chi connectivity index (χ2v) is 9.10. The van der Waals surface area contributed by atoms with Crippen LogP contribution < -0.4 is 21.1 Å². The first-order valence-electron chi connectivity index (χ1n) is 11.4. The molecule has 3 rings (SSSR count). The Morgan fingerprint density at radius 3 is 2.29 bits per heavy atom. The second-order valence-electron chi connectivity index (χ2n) is 9.10. The Morgan fingerprint density at radius 2 is 1.74 bits per heavy atom. The highest BCUT2D eigenvalue weighted by Gasteiger charge is 2.29. The number of H-pyrrole nitrogens is 1. The van der Waals surface area contributed by atoms with Gasteiger partial charge in [-0.3, -0.25) is 9.59 Å². The van der Waals surface area contributed by atoms with Crippen molar-refractivity contribution in [2.75, 3.05) is 11.4 Å². The molecule has 0 unspecified atom stereocenters. The standard InChI is InChI=1S/C25H35FN4O2.2ClH/c1-7-30(20-9-16(4)28-17(5)10-20)23-12-19(26)11-21(18(23)6)24(31)27-13-22-14(2)8-15(3)29-25(22)32;;/h8,11-12,16-17,20,28H,7,9-10,13H2,1-6H3,(H,27,31)(H,29,32);2*1H/t16-,17-;;/m1../s1. The van der Waals surface area contributed by atoms with Crippen LogP contribution in [0.15, 0.2) is 23.0 Å². The molecule has 1 aromatic heterocycles. The van der Waals surface area contributed by atoms with E-state index in [1.54, 1.807) is 0 Å². The minimum Gasteiger partial charge on any atom is -0.368 e. The number of amides is 1. The topological polar surface area (TPSA) is 77.2 Å². The summed E-state index contributed by atoms with van der Waals surface area (Å²) >= 11 is 0. The van der Waals surface area contributed by atoms with Crippen LogP contribution >= 0.6 is 24.8 Å². The third kappa shape index (κ3) is 6.74. The smallest absolute Gasteiger partial charge is 0.253 e. The Balaban J connectivity index is 0.00000289. The quantitative estimate of drug-likeness (QED) is 0.527. The molecule has 0 aliphatic carbocycles. The number of carbonyl (C=O) groups is 1. The SMILES string of the molecule is CCN(c1cc(F)cc(C(=O)NCc2c(C)cc(C)[nH]c2=O)c1C)C1C[C@@H](C)N[C@H](C)C1.Cl.Cl. The fourth-order valence-corrected chi connectivity index (χ4v) is 4.98. The molecule has 1 aromatic carbocycles. The van der Waals surface area contributed by atoms with E-state index >= 15 is 0 Å². The van der Waals surface area contributed by atoms with Crippen molar-refractivity contribution in [1.82, 2.24) is 15.6 Å².